The van der Waals surface area contributed by atoms with Crippen LogP contribution in [-0.4, -0.2) is 19.2 Å². The van der Waals surface area contributed by atoms with Gasteiger partial charge in [0, 0.05) is 19.0 Å². The fourth-order valence-corrected chi connectivity index (χ4v) is 3.19. The van der Waals surface area contributed by atoms with Gasteiger partial charge >= 0.3 is 0 Å². The summed E-state index contributed by atoms with van der Waals surface area (Å²) in [6.45, 7) is 2.84. The molecule has 25 heavy (non-hydrogen) atoms. The van der Waals surface area contributed by atoms with E-state index in [1.165, 1.54) is 12.1 Å². The summed E-state index contributed by atoms with van der Waals surface area (Å²) in [5.74, 6) is 0.0962. The molecule has 6 heteroatoms. The summed E-state index contributed by atoms with van der Waals surface area (Å²) in [7, 11) is 0. The third-order valence-electron chi connectivity index (χ3n) is 4.52. The van der Waals surface area contributed by atoms with Gasteiger partial charge in [-0.2, -0.15) is 0 Å². The molecule has 0 saturated carbocycles. The lowest BCUT2D eigenvalue weighted by Crippen LogP contribution is -2.41. The van der Waals surface area contributed by atoms with Crippen molar-refractivity contribution in [2.75, 3.05) is 13.1 Å². The highest BCUT2D eigenvalue weighted by Gasteiger charge is 2.27. The SMILES string of the molecule is Cl.Cl.NCc1ccccc1COC1CNCCC1c1ccc(F)cc1. The molecule has 1 fully saturated rings. The van der Waals surface area contributed by atoms with Crippen molar-refractivity contribution in [3.8, 4) is 0 Å². The van der Waals surface area contributed by atoms with Crippen molar-refractivity contribution in [3.05, 3.63) is 71.0 Å². The first-order chi connectivity index (χ1) is 11.3. The van der Waals surface area contributed by atoms with Gasteiger partial charge in [-0.25, -0.2) is 4.39 Å². The summed E-state index contributed by atoms with van der Waals surface area (Å²) in [6, 6.07) is 14.9. The second-order valence-electron chi connectivity index (χ2n) is 5.97. The number of rotatable bonds is 5. The van der Waals surface area contributed by atoms with Crippen LogP contribution in [0.5, 0.6) is 0 Å². The van der Waals surface area contributed by atoms with Crippen LogP contribution >= 0.6 is 24.8 Å². The Kier molecular flexibility index (Phi) is 9.39. The van der Waals surface area contributed by atoms with Crippen LogP contribution in [0.15, 0.2) is 48.5 Å². The van der Waals surface area contributed by atoms with E-state index >= 15 is 0 Å². The van der Waals surface area contributed by atoms with E-state index in [0.29, 0.717) is 19.1 Å². The molecule has 1 saturated heterocycles. The first-order valence-corrected chi connectivity index (χ1v) is 8.12. The maximum absolute atomic E-state index is 13.1. The maximum Gasteiger partial charge on any atom is 0.123 e. The number of nitrogens with one attached hydrogen (secondary N) is 1. The molecule has 0 amide bonds. The highest BCUT2D eigenvalue weighted by atomic mass is 35.5. The Morgan fingerprint density at radius 1 is 1.04 bits per heavy atom. The van der Waals surface area contributed by atoms with Crippen LogP contribution in [0.1, 0.15) is 29.0 Å². The zero-order valence-electron chi connectivity index (χ0n) is 14.0. The minimum Gasteiger partial charge on any atom is -0.372 e. The second-order valence-corrected chi connectivity index (χ2v) is 5.97. The van der Waals surface area contributed by atoms with E-state index in [-0.39, 0.29) is 36.7 Å². The lowest BCUT2D eigenvalue weighted by atomic mass is 9.87. The van der Waals surface area contributed by atoms with E-state index < -0.39 is 0 Å². The van der Waals surface area contributed by atoms with Crippen molar-refractivity contribution in [3.63, 3.8) is 0 Å². The molecule has 0 aliphatic carbocycles. The number of hydrogen-bond acceptors (Lipinski definition) is 3. The summed E-state index contributed by atoms with van der Waals surface area (Å²) in [6.07, 6.45) is 1.08. The Hall–Kier alpha value is -1.17. The standard InChI is InChI=1S/C19H23FN2O.2ClH/c20-17-7-5-14(6-8-17)18-9-10-22-12-19(18)23-13-16-4-2-1-3-15(16)11-21;;/h1-8,18-19,22H,9-13,21H2;2*1H. The normalized spacial score (nSPS) is 19.6. The molecule has 0 radical (unpaired) electrons. The maximum atomic E-state index is 13.1. The van der Waals surface area contributed by atoms with Gasteiger partial charge in [0.15, 0.2) is 0 Å². The zero-order chi connectivity index (χ0) is 16.1. The lowest BCUT2D eigenvalue weighted by Gasteiger charge is -2.32. The number of nitrogens with two attached hydrogens (primary N) is 1. The van der Waals surface area contributed by atoms with E-state index in [9.17, 15) is 4.39 Å². The lowest BCUT2D eigenvalue weighted by molar-refractivity contribution is 0.0103. The van der Waals surface area contributed by atoms with Crippen LogP contribution < -0.4 is 11.1 Å². The van der Waals surface area contributed by atoms with Gasteiger partial charge in [-0.15, -0.1) is 24.8 Å². The molecule has 138 valence electrons. The second kappa shape index (κ2) is 10.7. The van der Waals surface area contributed by atoms with Crippen molar-refractivity contribution >= 4 is 24.8 Å². The molecule has 1 aliphatic rings. The Morgan fingerprint density at radius 2 is 1.72 bits per heavy atom. The van der Waals surface area contributed by atoms with E-state index in [2.05, 4.69) is 11.4 Å². The third-order valence-corrected chi connectivity index (χ3v) is 4.52. The third kappa shape index (κ3) is 5.66. The average molecular weight is 387 g/mol. The molecule has 0 spiro atoms. The van der Waals surface area contributed by atoms with Gasteiger partial charge in [0.1, 0.15) is 5.82 Å². The number of benzene rings is 2. The molecular formula is C19H25Cl2FN2O. The quantitative estimate of drug-likeness (QED) is 0.821. The fraction of sp³-hybridized carbons (Fsp3) is 0.368. The van der Waals surface area contributed by atoms with Gasteiger partial charge in [0.05, 0.1) is 12.7 Å². The van der Waals surface area contributed by atoms with E-state index in [4.69, 9.17) is 10.5 Å². The molecule has 2 atom stereocenters. The molecule has 3 N–H and O–H groups in total. The van der Waals surface area contributed by atoms with Crippen LogP contribution in [-0.2, 0) is 17.9 Å². The van der Waals surface area contributed by atoms with Crippen molar-refractivity contribution in [1.82, 2.24) is 5.32 Å². The summed E-state index contributed by atoms with van der Waals surface area (Å²) in [4.78, 5) is 0. The summed E-state index contributed by atoms with van der Waals surface area (Å²) < 4.78 is 19.3. The van der Waals surface area contributed by atoms with E-state index in [0.717, 1.165) is 36.2 Å². The molecule has 0 aromatic heterocycles. The van der Waals surface area contributed by atoms with Gasteiger partial charge in [0.2, 0.25) is 0 Å². The van der Waals surface area contributed by atoms with Crippen LogP contribution in [0, 0.1) is 5.82 Å². The molecule has 1 aliphatic heterocycles. The average Bonchev–Trinajstić information content (AvgIpc) is 2.61. The topological polar surface area (TPSA) is 47.3 Å². The van der Waals surface area contributed by atoms with Crippen LogP contribution in [0.4, 0.5) is 4.39 Å². The van der Waals surface area contributed by atoms with Crippen LogP contribution in [0.2, 0.25) is 0 Å². The van der Waals surface area contributed by atoms with Crippen LogP contribution in [0.3, 0.4) is 0 Å². The van der Waals surface area contributed by atoms with E-state index in [1.54, 1.807) is 0 Å². The largest absolute Gasteiger partial charge is 0.372 e. The Balaban J connectivity index is 0.00000156. The molecule has 2 unspecified atom stereocenters. The number of hydrogen-bond donors (Lipinski definition) is 2. The van der Waals surface area contributed by atoms with E-state index in [1.807, 2.05) is 30.3 Å². The predicted octanol–water partition coefficient (Wildman–Crippen LogP) is 3.79. The summed E-state index contributed by atoms with van der Waals surface area (Å²) in [5, 5.41) is 3.39. The molecule has 3 nitrogen and oxygen atoms in total. The molecule has 1 heterocycles. The van der Waals surface area contributed by atoms with Gasteiger partial charge in [-0.1, -0.05) is 36.4 Å². The smallest absolute Gasteiger partial charge is 0.123 e. The molecule has 2 aromatic carbocycles. The highest BCUT2D eigenvalue weighted by molar-refractivity contribution is 5.85. The first-order valence-electron chi connectivity index (χ1n) is 8.12. The minimum atomic E-state index is -0.197. The monoisotopic (exact) mass is 386 g/mol. The van der Waals surface area contributed by atoms with Crippen LogP contribution in [0.25, 0.3) is 0 Å². The van der Waals surface area contributed by atoms with Gasteiger partial charge in [-0.05, 0) is 41.8 Å². The summed E-state index contributed by atoms with van der Waals surface area (Å²) >= 11 is 0. The molecule has 3 rings (SSSR count). The Bertz CT molecular complexity index is 640. The minimum absolute atomic E-state index is 0. The zero-order valence-corrected chi connectivity index (χ0v) is 15.6. The van der Waals surface area contributed by atoms with Crippen molar-refractivity contribution in [1.29, 1.82) is 0 Å². The van der Waals surface area contributed by atoms with Crippen molar-refractivity contribution < 1.29 is 9.13 Å². The van der Waals surface area contributed by atoms with Crippen molar-refractivity contribution in [2.24, 2.45) is 5.73 Å². The Morgan fingerprint density at radius 3 is 2.40 bits per heavy atom. The fourth-order valence-electron chi connectivity index (χ4n) is 3.19. The highest BCUT2D eigenvalue weighted by Crippen LogP contribution is 2.28. The first kappa shape index (κ1) is 21.9. The molecule has 2 aromatic rings. The molecular weight excluding hydrogens is 362 g/mol. The predicted molar refractivity (Wildman–Crippen MR) is 104 cm³/mol. The van der Waals surface area contributed by atoms with Gasteiger partial charge < -0.3 is 15.8 Å². The summed E-state index contributed by atoms with van der Waals surface area (Å²) in [5.41, 5.74) is 9.19. The number of ether oxygens (including phenoxy) is 1. The van der Waals surface area contributed by atoms with Crippen molar-refractivity contribution in [2.45, 2.75) is 31.6 Å². The number of halogens is 3. The molecule has 0 bridgehead atoms. The van der Waals surface area contributed by atoms with Gasteiger partial charge in [0.25, 0.3) is 0 Å². The van der Waals surface area contributed by atoms with Gasteiger partial charge in [-0.3, -0.25) is 0 Å². The number of piperidine rings is 1. The Labute approximate surface area is 161 Å².